The molecule has 154 valence electrons. The number of piperidine rings is 1. The van der Waals surface area contributed by atoms with Gasteiger partial charge < -0.3 is 14.5 Å². The number of nitriles is 1. The Morgan fingerprint density at radius 1 is 1.10 bits per heavy atom. The molecule has 1 aliphatic rings. The molecule has 4 heteroatoms. The maximum Gasteiger partial charge on any atom is 0.119 e. The second-order valence-corrected chi connectivity index (χ2v) is 8.24. The Balaban J connectivity index is 1.71. The molecule has 1 saturated heterocycles. The first-order valence-electron chi connectivity index (χ1n) is 10.7. The van der Waals surface area contributed by atoms with Gasteiger partial charge in [-0.15, -0.1) is 0 Å². The predicted molar refractivity (Wildman–Crippen MR) is 120 cm³/mol. The summed E-state index contributed by atoms with van der Waals surface area (Å²) in [5, 5.41) is 8.98. The summed E-state index contributed by atoms with van der Waals surface area (Å²) in [5.41, 5.74) is 3.32. The minimum Gasteiger partial charge on any atom is -0.493 e. The highest BCUT2D eigenvalue weighted by atomic mass is 16.5. The lowest BCUT2D eigenvalue weighted by atomic mass is 9.80. The van der Waals surface area contributed by atoms with E-state index in [1.54, 1.807) is 0 Å². The Bertz CT molecular complexity index is 792. The van der Waals surface area contributed by atoms with Crippen molar-refractivity contribution in [3.8, 4) is 11.8 Å². The fourth-order valence-corrected chi connectivity index (χ4v) is 4.15. The number of unbranched alkanes of at least 4 members (excludes halogenated alkanes) is 1. The fraction of sp³-hybridized carbons (Fsp3) is 0.480. The first-order chi connectivity index (χ1) is 14.1. The molecule has 0 aliphatic carbocycles. The summed E-state index contributed by atoms with van der Waals surface area (Å²) < 4.78 is 6.17. The van der Waals surface area contributed by atoms with Crippen LogP contribution in [0.1, 0.15) is 43.2 Å². The van der Waals surface area contributed by atoms with Gasteiger partial charge in [0.05, 0.1) is 18.2 Å². The fourth-order valence-electron chi connectivity index (χ4n) is 4.15. The smallest absolute Gasteiger partial charge is 0.119 e. The first kappa shape index (κ1) is 21.2. The number of anilines is 1. The molecular formula is C25H33N3O. The van der Waals surface area contributed by atoms with E-state index in [1.165, 1.54) is 37.1 Å². The SMILES string of the molecule is CCCCN1CC[C@@H](c2ccc(N(C)C)cc2)[C@H](COc2ccc(C#N)cc2)C1. The van der Waals surface area contributed by atoms with Crippen molar-refractivity contribution >= 4 is 5.69 Å². The molecule has 29 heavy (non-hydrogen) atoms. The van der Waals surface area contributed by atoms with Gasteiger partial charge >= 0.3 is 0 Å². The summed E-state index contributed by atoms with van der Waals surface area (Å²) in [7, 11) is 4.16. The summed E-state index contributed by atoms with van der Waals surface area (Å²) in [4.78, 5) is 4.74. The Morgan fingerprint density at radius 2 is 1.83 bits per heavy atom. The molecule has 0 radical (unpaired) electrons. The minimum atomic E-state index is 0.460. The molecule has 0 N–H and O–H groups in total. The summed E-state index contributed by atoms with van der Waals surface area (Å²) in [5.74, 6) is 1.82. The van der Waals surface area contributed by atoms with Crippen LogP contribution in [0.4, 0.5) is 5.69 Å². The van der Waals surface area contributed by atoms with Gasteiger partial charge in [0.2, 0.25) is 0 Å². The molecule has 0 bridgehead atoms. The molecule has 2 atom stereocenters. The van der Waals surface area contributed by atoms with Crippen molar-refractivity contribution in [3.05, 3.63) is 59.7 Å². The van der Waals surface area contributed by atoms with E-state index in [-0.39, 0.29) is 0 Å². The molecule has 3 rings (SSSR count). The van der Waals surface area contributed by atoms with Gasteiger partial charge in [0, 0.05) is 32.2 Å². The second-order valence-electron chi connectivity index (χ2n) is 8.24. The number of ether oxygens (including phenoxy) is 1. The summed E-state index contributed by atoms with van der Waals surface area (Å²) in [6, 6.07) is 18.6. The molecule has 4 nitrogen and oxygen atoms in total. The summed E-state index contributed by atoms with van der Waals surface area (Å²) in [6.45, 7) is 6.37. The van der Waals surface area contributed by atoms with Crippen LogP contribution in [0, 0.1) is 17.2 Å². The third-order valence-electron chi connectivity index (χ3n) is 5.93. The second kappa shape index (κ2) is 10.3. The van der Waals surface area contributed by atoms with Crippen LogP contribution in [0.3, 0.4) is 0 Å². The normalized spacial score (nSPS) is 19.5. The highest BCUT2D eigenvalue weighted by Crippen LogP contribution is 2.34. The van der Waals surface area contributed by atoms with Crippen molar-refractivity contribution in [2.45, 2.75) is 32.1 Å². The molecule has 1 aliphatic heterocycles. The van der Waals surface area contributed by atoms with Gasteiger partial charge in [0.15, 0.2) is 0 Å². The van der Waals surface area contributed by atoms with Gasteiger partial charge in [-0.3, -0.25) is 0 Å². The number of benzene rings is 2. The Morgan fingerprint density at radius 3 is 2.45 bits per heavy atom. The molecule has 0 saturated carbocycles. The van der Waals surface area contributed by atoms with E-state index in [9.17, 15) is 0 Å². The van der Waals surface area contributed by atoms with Crippen LogP contribution < -0.4 is 9.64 Å². The number of rotatable bonds is 8. The minimum absolute atomic E-state index is 0.460. The van der Waals surface area contributed by atoms with E-state index in [4.69, 9.17) is 10.00 Å². The molecule has 2 aromatic rings. The number of hydrogen-bond donors (Lipinski definition) is 0. The zero-order chi connectivity index (χ0) is 20.6. The lowest BCUT2D eigenvalue weighted by Crippen LogP contribution is -2.42. The van der Waals surface area contributed by atoms with Crippen LogP contribution in [0.25, 0.3) is 0 Å². The Hall–Kier alpha value is -2.51. The highest BCUT2D eigenvalue weighted by Gasteiger charge is 2.30. The monoisotopic (exact) mass is 391 g/mol. The Kier molecular flexibility index (Phi) is 7.55. The average Bonchev–Trinajstić information content (AvgIpc) is 2.76. The van der Waals surface area contributed by atoms with Crippen molar-refractivity contribution in [2.75, 3.05) is 45.2 Å². The van der Waals surface area contributed by atoms with Gasteiger partial charge in [-0.1, -0.05) is 25.5 Å². The standard InChI is InChI=1S/C25H33N3O/c1-4-5-15-28-16-14-25(21-8-10-23(11-9-21)27(2)3)22(18-28)19-29-24-12-6-20(17-26)7-13-24/h6-13,22,25H,4-5,14-16,18-19H2,1-3H3/t22-,25-/m0/s1. The molecule has 0 amide bonds. The van der Waals surface area contributed by atoms with Gasteiger partial charge in [-0.2, -0.15) is 5.26 Å². The third-order valence-corrected chi connectivity index (χ3v) is 5.93. The predicted octanol–water partition coefficient (Wildman–Crippen LogP) is 4.91. The van der Waals surface area contributed by atoms with Crippen LogP contribution in [0.5, 0.6) is 5.75 Å². The molecule has 1 heterocycles. The molecule has 0 unspecified atom stereocenters. The van der Waals surface area contributed by atoms with Gasteiger partial charge in [0.1, 0.15) is 5.75 Å². The van der Waals surface area contributed by atoms with Crippen LogP contribution in [-0.2, 0) is 0 Å². The topological polar surface area (TPSA) is 39.5 Å². The maximum atomic E-state index is 8.98. The number of hydrogen-bond acceptors (Lipinski definition) is 4. The van der Waals surface area contributed by atoms with Crippen molar-refractivity contribution in [2.24, 2.45) is 5.92 Å². The van der Waals surface area contributed by atoms with Crippen molar-refractivity contribution in [1.29, 1.82) is 5.26 Å². The lowest BCUT2D eigenvalue weighted by Gasteiger charge is -2.39. The zero-order valence-corrected chi connectivity index (χ0v) is 18.0. The number of likely N-dealkylation sites (tertiary alicyclic amines) is 1. The van der Waals surface area contributed by atoms with Crippen molar-refractivity contribution < 1.29 is 4.74 Å². The molecule has 0 aromatic heterocycles. The maximum absolute atomic E-state index is 8.98. The van der Waals surface area contributed by atoms with Gasteiger partial charge in [-0.05, 0) is 73.8 Å². The van der Waals surface area contributed by atoms with E-state index in [0.717, 1.165) is 18.8 Å². The third kappa shape index (κ3) is 5.74. The Labute approximate surface area is 175 Å². The van der Waals surface area contributed by atoms with Crippen LogP contribution in [-0.4, -0.2) is 45.2 Å². The van der Waals surface area contributed by atoms with E-state index in [1.807, 2.05) is 24.3 Å². The molecule has 1 fully saturated rings. The largest absolute Gasteiger partial charge is 0.493 e. The van der Waals surface area contributed by atoms with Crippen LogP contribution >= 0.6 is 0 Å². The average molecular weight is 392 g/mol. The van der Waals surface area contributed by atoms with E-state index < -0.39 is 0 Å². The van der Waals surface area contributed by atoms with Crippen molar-refractivity contribution in [3.63, 3.8) is 0 Å². The van der Waals surface area contributed by atoms with Gasteiger partial charge in [0.25, 0.3) is 0 Å². The van der Waals surface area contributed by atoms with Crippen LogP contribution in [0.2, 0.25) is 0 Å². The molecule has 0 spiro atoms. The lowest BCUT2D eigenvalue weighted by molar-refractivity contribution is 0.110. The quantitative estimate of drug-likeness (QED) is 0.641. The van der Waals surface area contributed by atoms with Crippen LogP contribution in [0.15, 0.2) is 48.5 Å². The zero-order valence-electron chi connectivity index (χ0n) is 18.0. The first-order valence-corrected chi connectivity index (χ1v) is 10.7. The molecule has 2 aromatic carbocycles. The summed E-state index contributed by atoms with van der Waals surface area (Å²) >= 11 is 0. The summed E-state index contributed by atoms with van der Waals surface area (Å²) in [6.07, 6.45) is 3.66. The van der Waals surface area contributed by atoms with E-state index in [2.05, 4.69) is 61.2 Å². The number of nitrogens with zero attached hydrogens (tertiary/aromatic N) is 3. The van der Waals surface area contributed by atoms with Crippen molar-refractivity contribution in [1.82, 2.24) is 4.90 Å². The van der Waals surface area contributed by atoms with E-state index in [0.29, 0.717) is 24.0 Å². The molecular weight excluding hydrogens is 358 g/mol. The van der Waals surface area contributed by atoms with Gasteiger partial charge in [-0.25, -0.2) is 0 Å². The van der Waals surface area contributed by atoms with E-state index >= 15 is 0 Å². The highest BCUT2D eigenvalue weighted by molar-refractivity contribution is 5.46.